The van der Waals surface area contributed by atoms with E-state index < -0.39 is 23.7 Å². The smallest absolute Gasteiger partial charge is 0.228 e. The Morgan fingerprint density at radius 1 is 0.900 bits per heavy atom. The Kier molecular flexibility index (Phi) is 3.57. The molecule has 1 heterocycles. The summed E-state index contributed by atoms with van der Waals surface area (Å²) in [5.41, 5.74) is -3.18. The van der Waals surface area contributed by atoms with Crippen LogP contribution in [-0.4, -0.2) is 9.78 Å². The van der Waals surface area contributed by atoms with E-state index in [0.717, 1.165) is 0 Å². The van der Waals surface area contributed by atoms with Crippen LogP contribution in [0.4, 0.5) is 26.3 Å². The van der Waals surface area contributed by atoms with Crippen LogP contribution in [0.1, 0.15) is 11.4 Å². The van der Waals surface area contributed by atoms with Gasteiger partial charge in [-0.1, -0.05) is 15.9 Å². The number of hydrogen-bond acceptors (Lipinski definition) is 1. The van der Waals surface area contributed by atoms with Crippen LogP contribution in [0.15, 0.2) is 34.8 Å². The summed E-state index contributed by atoms with van der Waals surface area (Å²) in [6.07, 6.45) is -9.88. The van der Waals surface area contributed by atoms with Crippen molar-refractivity contribution in [3.8, 4) is 5.69 Å². The maximum absolute atomic E-state index is 12.8. The minimum Gasteiger partial charge on any atom is -0.228 e. The third-order valence-corrected chi connectivity index (χ3v) is 2.89. The quantitative estimate of drug-likeness (QED) is 0.677. The van der Waals surface area contributed by atoms with Crippen molar-refractivity contribution < 1.29 is 26.3 Å². The van der Waals surface area contributed by atoms with Crippen molar-refractivity contribution in [3.63, 3.8) is 0 Å². The van der Waals surface area contributed by atoms with Gasteiger partial charge in [-0.25, -0.2) is 4.68 Å². The highest BCUT2D eigenvalue weighted by atomic mass is 79.9. The van der Waals surface area contributed by atoms with Gasteiger partial charge in [-0.15, -0.1) is 0 Å². The molecule has 1 aromatic heterocycles. The zero-order valence-electron chi connectivity index (χ0n) is 9.43. The highest BCUT2D eigenvalue weighted by molar-refractivity contribution is 9.10. The van der Waals surface area contributed by atoms with Crippen molar-refractivity contribution in [2.75, 3.05) is 0 Å². The molecule has 0 amide bonds. The van der Waals surface area contributed by atoms with E-state index in [2.05, 4.69) is 21.0 Å². The molecule has 0 atom stereocenters. The van der Waals surface area contributed by atoms with Gasteiger partial charge in [-0.05, 0) is 24.3 Å². The highest BCUT2D eigenvalue weighted by Crippen LogP contribution is 2.36. The van der Waals surface area contributed by atoms with Gasteiger partial charge in [0.05, 0.1) is 5.69 Å². The normalized spacial score (nSPS) is 12.8. The molecule has 9 heteroatoms. The molecule has 1 aromatic carbocycles. The Morgan fingerprint density at radius 3 is 1.90 bits per heavy atom. The molecule has 0 aliphatic rings. The summed E-state index contributed by atoms with van der Waals surface area (Å²) in [4.78, 5) is 0. The average Bonchev–Trinajstić information content (AvgIpc) is 2.74. The van der Waals surface area contributed by atoms with Crippen molar-refractivity contribution in [2.45, 2.75) is 12.4 Å². The van der Waals surface area contributed by atoms with Crippen LogP contribution in [0.5, 0.6) is 0 Å². The number of alkyl halides is 6. The van der Waals surface area contributed by atoms with Gasteiger partial charge in [0.2, 0.25) is 0 Å². The summed E-state index contributed by atoms with van der Waals surface area (Å²) < 4.78 is 76.6. The van der Waals surface area contributed by atoms with E-state index in [1.165, 1.54) is 24.3 Å². The fraction of sp³-hybridized carbons (Fsp3) is 0.182. The van der Waals surface area contributed by atoms with Crippen LogP contribution in [-0.2, 0) is 12.4 Å². The number of rotatable bonds is 1. The molecule has 0 spiro atoms. The second kappa shape index (κ2) is 4.80. The molecule has 2 aromatic rings. The van der Waals surface area contributed by atoms with Gasteiger partial charge in [0, 0.05) is 10.5 Å². The van der Waals surface area contributed by atoms with E-state index in [1.807, 2.05) is 0 Å². The van der Waals surface area contributed by atoms with Crippen LogP contribution in [0.2, 0.25) is 0 Å². The minimum atomic E-state index is -4.94. The average molecular weight is 359 g/mol. The van der Waals surface area contributed by atoms with E-state index in [4.69, 9.17) is 0 Å². The van der Waals surface area contributed by atoms with Gasteiger partial charge < -0.3 is 0 Å². The fourth-order valence-corrected chi connectivity index (χ4v) is 1.76. The molecular weight excluding hydrogens is 354 g/mol. The summed E-state index contributed by atoms with van der Waals surface area (Å²) in [6, 6.07) is 5.26. The summed E-state index contributed by atoms with van der Waals surface area (Å²) in [6.45, 7) is 0. The Hall–Kier alpha value is -1.51. The lowest BCUT2D eigenvalue weighted by molar-refractivity contribution is -0.143. The van der Waals surface area contributed by atoms with Crippen LogP contribution in [0.25, 0.3) is 5.69 Å². The van der Waals surface area contributed by atoms with Crippen LogP contribution in [0, 0.1) is 0 Å². The Bertz CT molecular complexity index is 611. The van der Waals surface area contributed by atoms with Gasteiger partial charge in [0.1, 0.15) is 5.69 Å². The summed E-state index contributed by atoms with van der Waals surface area (Å²) in [7, 11) is 0. The van der Waals surface area contributed by atoms with Crippen molar-refractivity contribution in [2.24, 2.45) is 0 Å². The number of aromatic nitrogens is 2. The predicted molar refractivity (Wildman–Crippen MR) is 61.3 cm³/mol. The Balaban J connectivity index is 2.62. The second-order valence-electron chi connectivity index (χ2n) is 3.80. The molecule has 0 bridgehead atoms. The standard InChI is InChI=1S/C11H5BrF6N2/c12-6-1-3-7(4-2-6)20-9(11(16,17)18)5-8(19-20)10(13,14)15/h1-5H. The topological polar surface area (TPSA) is 17.8 Å². The zero-order chi connectivity index (χ0) is 15.1. The van der Waals surface area contributed by atoms with Crippen LogP contribution in [0.3, 0.4) is 0 Å². The number of benzene rings is 1. The monoisotopic (exact) mass is 358 g/mol. The maximum atomic E-state index is 12.8. The fourth-order valence-electron chi connectivity index (χ4n) is 1.50. The van der Waals surface area contributed by atoms with Crippen LogP contribution < -0.4 is 0 Å². The van der Waals surface area contributed by atoms with Crippen molar-refractivity contribution in [3.05, 3.63) is 46.2 Å². The lowest BCUT2D eigenvalue weighted by Crippen LogP contribution is -2.13. The molecule has 0 unspecified atom stereocenters. The second-order valence-corrected chi connectivity index (χ2v) is 4.71. The number of nitrogens with zero attached hydrogens (tertiary/aromatic N) is 2. The highest BCUT2D eigenvalue weighted by Gasteiger charge is 2.42. The van der Waals surface area contributed by atoms with Gasteiger partial charge >= 0.3 is 12.4 Å². The minimum absolute atomic E-state index is 0.0119. The van der Waals surface area contributed by atoms with E-state index >= 15 is 0 Å². The van der Waals surface area contributed by atoms with Crippen molar-refractivity contribution >= 4 is 15.9 Å². The molecule has 20 heavy (non-hydrogen) atoms. The predicted octanol–water partition coefficient (Wildman–Crippen LogP) is 4.67. The van der Waals surface area contributed by atoms with Crippen molar-refractivity contribution in [1.82, 2.24) is 9.78 Å². The first-order valence-corrected chi connectivity index (χ1v) is 5.89. The van der Waals surface area contributed by atoms with Crippen LogP contribution >= 0.6 is 15.9 Å². The van der Waals surface area contributed by atoms with E-state index in [-0.39, 0.29) is 16.4 Å². The molecule has 0 radical (unpaired) electrons. The lowest BCUT2D eigenvalue weighted by atomic mass is 10.3. The lowest BCUT2D eigenvalue weighted by Gasteiger charge is -2.10. The molecule has 0 aliphatic heterocycles. The van der Waals surface area contributed by atoms with Gasteiger partial charge in [0.25, 0.3) is 0 Å². The first kappa shape index (κ1) is 14.9. The molecule has 108 valence electrons. The number of halogens is 7. The van der Waals surface area contributed by atoms with Gasteiger partial charge in [-0.3, -0.25) is 0 Å². The molecular formula is C11H5BrF6N2. The summed E-state index contributed by atoms with van der Waals surface area (Å²) in [5.74, 6) is 0. The van der Waals surface area contributed by atoms with Gasteiger partial charge in [0.15, 0.2) is 5.69 Å². The van der Waals surface area contributed by atoms with E-state index in [0.29, 0.717) is 4.47 Å². The first-order valence-electron chi connectivity index (χ1n) is 5.09. The summed E-state index contributed by atoms with van der Waals surface area (Å²) in [5, 5.41) is 3.00. The molecule has 0 saturated carbocycles. The zero-order valence-corrected chi connectivity index (χ0v) is 11.0. The Morgan fingerprint density at radius 2 is 1.45 bits per heavy atom. The third kappa shape index (κ3) is 2.97. The molecule has 0 saturated heterocycles. The largest absolute Gasteiger partial charge is 0.435 e. The SMILES string of the molecule is FC(F)(F)c1cc(C(F)(F)F)n(-c2ccc(Br)cc2)n1. The van der Waals surface area contributed by atoms with Crippen molar-refractivity contribution in [1.29, 1.82) is 0 Å². The molecule has 0 fully saturated rings. The number of hydrogen-bond donors (Lipinski definition) is 0. The van der Waals surface area contributed by atoms with E-state index in [9.17, 15) is 26.3 Å². The Labute approximate surface area is 117 Å². The first-order chi connectivity index (χ1) is 9.09. The third-order valence-electron chi connectivity index (χ3n) is 2.36. The summed E-state index contributed by atoms with van der Waals surface area (Å²) >= 11 is 3.08. The molecule has 0 N–H and O–H groups in total. The van der Waals surface area contributed by atoms with E-state index in [1.54, 1.807) is 0 Å². The maximum Gasteiger partial charge on any atom is 0.435 e. The van der Waals surface area contributed by atoms with Gasteiger partial charge in [-0.2, -0.15) is 31.4 Å². The molecule has 2 rings (SSSR count). The molecule has 2 nitrogen and oxygen atoms in total. The molecule has 0 aliphatic carbocycles.